The van der Waals surface area contributed by atoms with Gasteiger partial charge in [0.15, 0.2) is 11.5 Å². The first-order valence-electron chi connectivity index (χ1n) is 13.7. The highest BCUT2D eigenvalue weighted by Crippen LogP contribution is 2.40. The molecular weight excluding hydrogens is 548 g/mol. The summed E-state index contributed by atoms with van der Waals surface area (Å²) in [6.07, 6.45) is 0. The van der Waals surface area contributed by atoms with Gasteiger partial charge in [0.05, 0.1) is 37.3 Å². The summed E-state index contributed by atoms with van der Waals surface area (Å²) in [7, 11) is -0.639. The van der Waals surface area contributed by atoms with E-state index in [1.165, 1.54) is 23.4 Å². The van der Waals surface area contributed by atoms with E-state index in [2.05, 4.69) is 10.2 Å². The van der Waals surface area contributed by atoms with Crippen LogP contribution in [0.4, 0.5) is 4.79 Å². The molecule has 2 amide bonds. The summed E-state index contributed by atoms with van der Waals surface area (Å²) in [4.78, 5) is 30.8. The van der Waals surface area contributed by atoms with Crippen LogP contribution >= 0.6 is 0 Å². The van der Waals surface area contributed by atoms with Gasteiger partial charge in [-0.05, 0) is 39.0 Å². The maximum absolute atomic E-state index is 13.5. The molecule has 2 aliphatic heterocycles. The van der Waals surface area contributed by atoms with E-state index in [1.54, 1.807) is 55.5 Å². The fourth-order valence-corrected chi connectivity index (χ4v) is 7.12. The molecule has 0 aliphatic carbocycles. The zero-order valence-corrected chi connectivity index (χ0v) is 24.9. The third-order valence-electron chi connectivity index (χ3n) is 7.37. The maximum atomic E-state index is 13.5. The van der Waals surface area contributed by atoms with Crippen molar-refractivity contribution in [2.45, 2.75) is 37.8 Å². The second kappa shape index (κ2) is 12.9. The molecule has 41 heavy (non-hydrogen) atoms. The number of esters is 1. The Morgan fingerprint density at radius 2 is 1.76 bits per heavy atom. The molecular formula is C29H38N4O7S. The van der Waals surface area contributed by atoms with E-state index < -0.39 is 22.0 Å². The lowest BCUT2D eigenvalue weighted by molar-refractivity contribution is -0.139. The van der Waals surface area contributed by atoms with Gasteiger partial charge in [-0.2, -0.15) is 4.31 Å². The van der Waals surface area contributed by atoms with E-state index in [1.807, 2.05) is 13.8 Å². The summed E-state index contributed by atoms with van der Waals surface area (Å²) in [5.74, 6) is 0.320. The molecule has 1 fully saturated rings. The minimum Gasteiger partial charge on any atom is -0.493 e. The zero-order valence-electron chi connectivity index (χ0n) is 24.1. The van der Waals surface area contributed by atoms with E-state index in [0.717, 1.165) is 0 Å². The molecule has 222 valence electrons. The predicted molar refractivity (Wildman–Crippen MR) is 153 cm³/mol. The number of urea groups is 1. The third kappa shape index (κ3) is 6.04. The van der Waals surface area contributed by atoms with Crippen molar-refractivity contribution >= 4 is 22.0 Å². The van der Waals surface area contributed by atoms with Crippen LogP contribution in [0.25, 0.3) is 0 Å². The number of rotatable bonds is 10. The van der Waals surface area contributed by atoms with Gasteiger partial charge in [-0.15, -0.1) is 0 Å². The summed E-state index contributed by atoms with van der Waals surface area (Å²) >= 11 is 0. The van der Waals surface area contributed by atoms with Crippen LogP contribution < -0.4 is 14.8 Å². The van der Waals surface area contributed by atoms with E-state index >= 15 is 0 Å². The Bertz CT molecular complexity index is 1400. The maximum Gasteiger partial charge on any atom is 0.338 e. The third-order valence-corrected chi connectivity index (χ3v) is 9.40. The van der Waals surface area contributed by atoms with Gasteiger partial charge in [0.1, 0.15) is 0 Å². The minimum absolute atomic E-state index is 0.157. The number of hydrogen-bond donors (Lipinski definition) is 1. The van der Waals surface area contributed by atoms with Crippen molar-refractivity contribution in [3.8, 4) is 11.5 Å². The highest BCUT2D eigenvalue weighted by molar-refractivity contribution is 7.89. The van der Waals surface area contributed by atoms with Crippen molar-refractivity contribution in [2.75, 3.05) is 53.6 Å². The lowest BCUT2D eigenvalue weighted by Gasteiger charge is -2.42. The van der Waals surface area contributed by atoms with Crippen LogP contribution in [0.1, 0.15) is 32.4 Å². The second-order valence-electron chi connectivity index (χ2n) is 9.80. The SMILES string of the molecule is CCOC(=O)C1=C(CN2CCN(S(=O)(=O)c3ccccc3)C(C)C2)N(CC)C(=O)NC1c1cccc(OC)c1OC. The monoisotopic (exact) mass is 586 g/mol. The molecule has 1 saturated heterocycles. The molecule has 2 heterocycles. The molecule has 0 aromatic heterocycles. The zero-order chi connectivity index (χ0) is 29.7. The quantitative estimate of drug-likeness (QED) is 0.423. The van der Waals surface area contributed by atoms with E-state index in [0.29, 0.717) is 48.0 Å². The van der Waals surface area contributed by atoms with E-state index in [4.69, 9.17) is 14.2 Å². The molecule has 0 bridgehead atoms. The molecule has 2 atom stereocenters. The Hall–Kier alpha value is -3.61. The molecule has 0 radical (unpaired) electrons. The van der Waals surface area contributed by atoms with Gasteiger partial charge in [0.25, 0.3) is 0 Å². The van der Waals surface area contributed by atoms with Gasteiger partial charge in [-0.25, -0.2) is 18.0 Å². The normalized spacial score (nSPS) is 20.5. The number of methoxy groups -OCH3 is 2. The number of hydrogen-bond acceptors (Lipinski definition) is 8. The number of sulfonamides is 1. The van der Waals surface area contributed by atoms with Gasteiger partial charge in [-0.1, -0.05) is 30.3 Å². The fourth-order valence-electron chi connectivity index (χ4n) is 5.49. The summed E-state index contributed by atoms with van der Waals surface area (Å²) < 4.78 is 44.7. The van der Waals surface area contributed by atoms with Crippen molar-refractivity contribution in [3.05, 3.63) is 65.4 Å². The smallest absolute Gasteiger partial charge is 0.338 e. The first kappa shape index (κ1) is 30.4. The minimum atomic E-state index is -3.66. The number of likely N-dealkylation sites (N-methyl/N-ethyl adjacent to an activating group) is 1. The van der Waals surface area contributed by atoms with Gasteiger partial charge >= 0.3 is 12.0 Å². The second-order valence-corrected chi connectivity index (χ2v) is 11.7. The summed E-state index contributed by atoms with van der Waals surface area (Å²) in [6, 6.07) is 12.1. The Morgan fingerprint density at radius 1 is 1.02 bits per heavy atom. The highest BCUT2D eigenvalue weighted by Gasteiger charge is 2.41. The molecule has 2 aromatic rings. The Labute approximate surface area is 241 Å². The number of para-hydroxylation sites is 1. The van der Waals surface area contributed by atoms with Crippen LogP contribution in [0.5, 0.6) is 11.5 Å². The first-order chi connectivity index (χ1) is 19.7. The topological polar surface area (TPSA) is 118 Å². The number of piperazine rings is 1. The lowest BCUT2D eigenvalue weighted by atomic mass is 9.93. The van der Waals surface area contributed by atoms with Crippen molar-refractivity contribution < 1.29 is 32.2 Å². The number of nitrogens with one attached hydrogen (secondary N) is 1. The van der Waals surface area contributed by atoms with Crippen LogP contribution in [0, 0.1) is 0 Å². The van der Waals surface area contributed by atoms with Crippen LogP contribution in [0.15, 0.2) is 64.7 Å². The van der Waals surface area contributed by atoms with Crippen molar-refractivity contribution in [1.82, 2.24) is 19.4 Å². The van der Waals surface area contributed by atoms with Crippen molar-refractivity contribution in [3.63, 3.8) is 0 Å². The number of carbonyl (C=O) groups excluding carboxylic acids is 2. The molecule has 12 heteroatoms. The van der Waals surface area contributed by atoms with Gasteiger partial charge in [0.2, 0.25) is 10.0 Å². The van der Waals surface area contributed by atoms with Crippen LogP contribution in [-0.2, 0) is 19.6 Å². The number of carbonyl (C=O) groups is 2. The summed E-state index contributed by atoms with van der Waals surface area (Å²) in [5.41, 5.74) is 1.37. The number of nitrogens with zero attached hydrogens (tertiary/aromatic N) is 3. The number of amides is 2. The number of benzene rings is 2. The van der Waals surface area contributed by atoms with E-state index in [9.17, 15) is 18.0 Å². The molecule has 0 spiro atoms. The van der Waals surface area contributed by atoms with Crippen molar-refractivity contribution in [2.24, 2.45) is 0 Å². The predicted octanol–water partition coefficient (Wildman–Crippen LogP) is 3.00. The van der Waals surface area contributed by atoms with Gasteiger partial charge < -0.3 is 19.5 Å². The molecule has 11 nitrogen and oxygen atoms in total. The summed E-state index contributed by atoms with van der Waals surface area (Å²) in [5, 5.41) is 2.96. The van der Waals surface area contributed by atoms with E-state index in [-0.39, 0.29) is 36.7 Å². The highest BCUT2D eigenvalue weighted by atomic mass is 32.2. The largest absolute Gasteiger partial charge is 0.493 e. The molecule has 0 saturated carbocycles. The van der Waals surface area contributed by atoms with Crippen LogP contribution in [0.2, 0.25) is 0 Å². The number of ether oxygens (including phenoxy) is 3. The molecule has 2 unspecified atom stereocenters. The molecule has 4 rings (SSSR count). The Balaban J connectivity index is 1.71. The van der Waals surface area contributed by atoms with Crippen LogP contribution in [0.3, 0.4) is 0 Å². The Kier molecular flexibility index (Phi) is 9.57. The van der Waals surface area contributed by atoms with Gasteiger partial charge in [0, 0.05) is 50.0 Å². The molecule has 2 aromatic carbocycles. The lowest BCUT2D eigenvalue weighted by Crippen LogP contribution is -2.56. The fraction of sp³-hybridized carbons (Fsp3) is 0.448. The molecule has 2 aliphatic rings. The Morgan fingerprint density at radius 3 is 2.37 bits per heavy atom. The first-order valence-corrected chi connectivity index (χ1v) is 15.1. The standard InChI is InChI=1S/C29H38N4O7S/c1-6-32-23(19-31-16-17-33(20(3)18-31)41(36,37)21-12-9-8-10-13-21)25(28(34)40-7-2)26(30-29(32)35)22-14-11-15-24(38-4)27(22)39-5/h8-15,20,26H,6-7,16-19H2,1-5H3,(H,30,35). The van der Waals surface area contributed by atoms with Crippen molar-refractivity contribution in [1.29, 1.82) is 0 Å². The average Bonchev–Trinajstić information content (AvgIpc) is 2.97. The average molecular weight is 587 g/mol. The molecule has 1 N–H and O–H groups in total. The summed E-state index contributed by atoms with van der Waals surface area (Å²) in [6.45, 7) is 7.26. The van der Waals surface area contributed by atoms with Crippen LogP contribution in [-0.4, -0.2) is 94.1 Å². The van der Waals surface area contributed by atoms with Gasteiger partial charge in [-0.3, -0.25) is 9.80 Å².